The molecule has 1 aromatic rings. The minimum atomic E-state index is -0.372. The van der Waals surface area contributed by atoms with E-state index in [1.54, 1.807) is 36.1 Å². The second-order valence-corrected chi connectivity index (χ2v) is 8.76. The first-order chi connectivity index (χ1) is 15.9. The SMILES string of the molecule is CCOC(=O)CCN1C(=O)/C(=C\c2ccc(OCC(=O)N3CCOCC3)c(OC)c2)SC1=S. The lowest BCUT2D eigenvalue weighted by atomic mass is 10.2. The van der Waals surface area contributed by atoms with Gasteiger partial charge in [0, 0.05) is 19.6 Å². The number of morpholine rings is 1. The molecular formula is C22H26N2O7S2. The average molecular weight is 495 g/mol. The van der Waals surface area contributed by atoms with Crippen LogP contribution in [0.2, 0.25) is 0 Å². The third-order valence-electron chi connectivity index (χ3n) is 4.92. The number of hydrogen-bond acceptors (Lipinski definition) is 9. The fourth-order valence-electron chi connectivity index (χ4n) is 3.22. The maximum absolute atomic E-state index is 12.7. The standard InChI is InChI=1S/C22H26N2O7S2/c1-3-30-20(26)6-7-24-21(27)18(33-22(24)32)13-15-4-5-16(17(12-15)28-2)31-14-19(25)23-8-10-29-11-9-23/h4-5,12-13H,3,6-11,14H2,1-2H3/b18-13+. The summed E-state index contributed by atoms with van der Waals surface area (Å²) in [6.45, 7) is 4.25. The molecular weight excluding hydrogens is 468 g/mol. The van der Waals surface area contributed by atoms with Crippen molar-refractivity contribution in [2.45, 2.75) is 13.3 Å². The van der Waals surface area contributed by atoms with E-state index < -0.39 is 0 Å². The number of amides is 2. The van der Waals surface area contributed by atoms with E-state index in [1.165, 1.54) is 23.8 Å². The minimum absolute atomic E-state index is 0.0800. The van der Waals surface area contributed by atoms with E-state index >= 15 is 0 Å². The molecule has 3 rings (SSSR count). The van der Waals surface area contributed by atoms with Crippen LogP contribution in [0.1, 0.15) is 18.9 Å². The van der Waals surface area contributed by atoms with E-state index in [2.05, 4.69) is 0 Å². The van der Waals surface area contributed by atoms with Crippen molar-refractivity contribution in [2.24, 2.45) is 0 Å². The third-order valence-corrected chi connectivity index (χ3v) is 6.30. The molecule has 2 amide bonds. The Hall–Kier alpha value is -2.63. The highest BCUT2D eigenvalue weighted by molar-refractivity contribution is 8.26. The number of benzene rings is 1. The Kier molecular flexibility index (Phi) is 9.10. The molecule has 2 fully saturated rings. The summed E-state index contributed by atoms with van der Waals surface area (Å²) in [5, 5.41) is 0. The second kappa shape index (κ2) is 12.0. The van der Waals surface area contributed by atoms with E-state index in [9.17, 15) is 14.4 Å². The van der Waals surface area contributed by atoms with Gasteiger partial charge >= 0.3 is 5.97 Å². The molecule has 2 aliphatic heterocycles. The van der Waals surface area contributed by atoms with Gasteiger partial charge in [0.15, 0.2) is 18.1 Å². The van der Waals surface area contributed by atoms with Gasteiger partial charge in [0.05, 0.1) is 38.3 Å². The van der Waals surface area contributed by atoms with E-state index in [0.717, 1.165) is 0 Å². The molecule has 0 atom stereocenters. The van der Waals surface area contributed by atoms with Gasteiger partial charge in [-0.3, -0.25) is 19.3 Å². The first kappa shape index (κ1) is 25.0. The topological polar surface area (TPSA) is 94.6 Å². The first-order valence-electron chi connectivity index (χ1n) is 10.5. The summed E-state index contributed by atoms with van der Waals surface area (Å²) >= 11 is 6.47. The van der Waals surface area contributed by atoms with Crippen molar-refractivity contribution in [3.05, 3.63) is 28.7 Å². The molecule has 2 saturated heterocycles. The van der Waals surface area contributed by atoms with Gasteiger partial charge in [-0.05, 0) is 30.7 Å². The second-order valence-electron chi connectivity index (χ2n) is 7.08. The van der Waals surface area contributed by atoms with Crippen LogP contribution in [-0.2, 0) is 23.9 Å². The minimum Gasteiger partial charge on any atom is -0.493 e. The van der Waals surface area contributed by atoms with Crippen LogP contribution in [0.4, 0.5) is 0 Å². The van der Waals surface area contributed by atoms with Crippen molar-refractivity contribution in [1.82, 2.24) is 9.80 Å². The van der Waals surface area contributed by atoms with Crippen LogP contribution in [0.25, 0.3) is 6.08 Å². The summed E-state index contributed by atoms with van der Waals surface area (Å²) < 4.78 is 21.6. The van der Waals surface area contributed by atoms with Gasteiger partial charge in [-0.1, -0.05) is 30.0 Å². The molecule has 2 heterocycles. The number of nitrogens with zero attached hydrogens (tertiary/aromatic N) is 2. The molecule has 9 nitrogen and oxygen atoms in total. The van der Waals surface area contributed by atoms with Crippen molar-refractivity contribution in [2.75, 3.05) is 53.2 Å². The Labute approximate surface area is 202 Å². The summed E-state index contributed by atoms with van der Waals surface area (Å²) in [7, 11) is 1.50. The zero-order chi connectivity index (χ0) is 23.8. The Bertz CT molecular complexity index is 945. The molecule has 11 heteroatoms. The maximum atomic E-state index is 12.7. The molecule has 0 bridgehead atoms. The van der Waals surface area contributed by atoms with Gasteiger partial charge in [-0.2, -0.15) is 0 Å². The molecule has 0 N–H and O–H groups in total. The highest BCUT2D eigenvalue weighted by atomic mass is 32.2. The van der Waals surface area contributed by atoms with Crippen molar-refractivity contribution in [1.29, 1.82) is 0 Å². The number of thiocarbonyl (C=S) groups is 1. The van der Waals surface area contributed by atoms with E-state index in [-0.39, 0.29) is 37.4 Å². The monoisotopic (exact) mass is 494 g/mol. The Balaban J connectivity index is 1.63. The van der Waals surface area contributed by atoms with Crippen molar-refractivity contribution in [3.63, 3.8) is 0 Å². The highest BCUT2D eigenvalue weighted by Gasteiger charge is 2.32. The van der Waals surface area contributed by atoms with Gasteiger partial charge in [0.25, 0.3) is 11.8 Å². The normalized spacial score (nSPS) is 17.5. The number of hydrogen-bond donors (Lipinski definition) is 0. The number of thioether (sulfide) groups is 1. The predicted molar refractivity (Wildman–Crippen MR) is 127 cm³/mol. The zero-order valence-electron chi connectivity index (χ0n) is 18.5. The van der Waals surface area contributed by atoms with Crippen LogP contribution in [-0.4, -0.2) is 85.1 Å². The molecule has 0 unspecified atom stereocenters. The summed E-state index contributed by atoms with van der Waals surface area (Å²) in [4.78, 5) is 40.2. The van der Waals surface area contributed by atoms with Gasteiger partial charge in [0.2, 0.25) is 0 Å². The molecule has 2 aliphatic rings. The number of esters is 1. The average Bonchev–Trinajstić information content (AvgIpc) is 3.09. The lowest BCUT2D eigenvalue weighted by Gasteiger charge is -2.26. The van der Waals surface area contributed by atoms with Crippen LogP contribution >= 0.6 is 24.0 Å². The van der Waals surface area contributed by atoms with Crippen LogP contribution in [0.3, 0.4) is 0 Å². The van der Waals surface area contributed by atoms with Crippen molar-refractivity contribution >= 4 is 52.2 Å². The molecule has 178 valence electrons. The van der Waals surface area contributed by atoms with Gasteiger partial charge < -0.3 is 23.8 Å². The predicted octanol–water partition coefficient (Wildman–Crippen LogP) is 2.09. The summed E-state index contributed by atoms with van der Waals surface area (Å²) in [6.07, 6.45) is 1.78. The largest absolute Gasteiger partial charge is 0.493 e. The number of carbonyl (C=O) groups excluding carboxylic acids is 3. The Morgan fingerprint density at radius 1 is 1.24 bits per heavy atom. The fourth-order valence-corrected chi connectivity index (χ4v) is 4.53. The van der Waals surface area contributed by atoms with Crippen LogP contribution in [0.15, 0.2) is 23.1 Å². The van der Waals surface area contributed by atoms with E-state index in [0.29, 0.717) is 59.2 Å². The highest BCUT2D eigenvalue weighted by Crippen LogP contribution is 2.35. The lowest BCUT2D eigenvalue weighted by molar-refractivity contribution is -0.143. The zero-order valence-corrected chi connectivity index (χ0v) is 20.2. The van der Waals surface area contributed by atoms with Gasteiger partial charge in [0.1, 0.15) is 4.32 Å². The van der Waals surface area contributed by atoms with E-state index in [1.807, 2.05) is 0 Å². The summed E-state index contributed by atoms with van der Waals surface area (Å²) in [5.41, 5.74) is 0.713. The van der Waals surface area contributed by atoms with Gasteiger partial charge in [-0.15, -0.1) is 0 Å². The Morgan fingerprint density at radius 3 is 2.70 bits per heavy atom. The first-order valence-corrected chi connectivity index (χ1v) is 11.7. The Morgan fingerprint density at radius 2 is 2.00 bits per heavy atom. The maximum Gasteiger partial charge on any atom is 0.307 e. The fraction of sp³-hybridized carbons (Fsp3) is 0.455. The number of rotatable bonds is 9. The quantitative estimate of drug-likeness (QED) is 0.291. The van der Waals surface area contributed by atoms with Crippen molar-refractivity contribution < 1.29 is 33.3 Å². The third kappa shape index (κ3) is 6.68. The smallest absolute Gasteiger partial charge is 0.307 e. The molecule has 0 spiro atoms. The molecule has 0 radical (unpaired) electrons. The van der Waals surface area contributed by atoms with Crippen molar-refractivity contribution in [3.8, 4) is 11.5 Å². The van der Waals surface area contributed by atoms with Crippen LogP contribution in [0, 0.1) is 0 Å². The van der Waals surface area contributed by atoms with Gasteiger partial charge in [-0.25, -0.2) is 0 Å². The molecule has 33 heavy (non-hydrogen) atoms. The van der Waals surface area contributed by atoms with Crippen LogP contribution < -0.4 is 9.47 Å². The molecule has 1 aromatic carbocycles. The molecule has 0 saturated carbocycles. The van der Waals surface area contributed by atoms with E-state index in [4.69, 9.17) is 31.2 Å². The molecule has 0 aromatic heterocycles. The lowest BCUT2D eigenvalue weighted by Crippen LogP contribution is -2.43. The number of methoxy groups -OCH3 is 1. The summed E-state index contributed by atoms with van der Waals surface area (Å²) in [5.74, 6) is 0.123. The van der Waals surface area contributed by atoms with Crippen LogP contribution in [0.5, 0.6) is 11.5 Å². The molecule has 0 aliphatic carbocycles. The number of carbonyl (C=O) groups is 3. The summed E-state index contributed by atoms with van der Waals surface area (Å²) in [6, 6.07) is 5.18. The number of ether oxygens (including phenoxy) is 4.